The van der Waals surface area contributed by atoms with E-state index in [2.05, 4.69) is 18.3 Å². The Balaban J connectivity index is 2.09. The van der Waals surface area contributed by atoms with E-state index in [0.29, 0.717) is 18.2 Å². The Morgan fingerprint density at radius 3 is 2.89 bits per heavy atom. The third kappa shape index (κ3) is 2.95. The van der Waals surface area contributed by atoms with Gasteiger partial charge in [0.15, 0.2) is 0 Å². The zero-order chi connectivity index (χ0) is 13.0. The van der Waals surface area contributed by atoms with Crippen molar-refractivity contribution in [2.75, 3.05) is 11.1 Å². The number of hydrogen-bond donors (Lipinski definition) is 2. The fourth-order valence-electron chi connectivity index (χ4n) is 2.68. The van der Waals surface area contributed by atoms with Crippen LogP contribution in [0, 0.1) is 17.2 Å². The molecule has 1 aliphatic rings. The highest BCUT2D eigenvalue weighted by Crippen LogP contribution is 2.28. The average Bonchev–Trinajstić information content (AvgIpc) is 2.36. The fourth-order valence-corrected chi connectivity index (χ4v) is 2.68. The minimum absolute atomic E-state index is 0.377. The standard InChI is InChI=1S/C15H21N3/c1-11-4-2-3-5-15(11)18-13-6-7-14(17)12(10-13)8-9-16/h6-7,10-11,15,18H,2-5,8,17H2,1H3. The Morgan fingerprint density at radius 2 is 2.17 bits per heavy atom. The molecule has 1 aliphatic carbocycles. The average molecular weight is 243 g/mol. The van der Waals surface area contributed by atoms with Crippen LogP contribution in [0.1, 0.15) is 38.2 Å². The van der Waals surface area contributed by atoms with Crippen molar-refractivity contribution in [2.24, 2.45) is 5.92 Å². The van der Waals surface area contributed by atoms with Crippen molar-refractivity contribution in [3.05, 3.63) is 23.8 Å². The molecule has 0 bridgehead atoms. The SMILES string of the molecule is CC1CCCCC1Nc1ccc(N)c(CC#N)c1. The second-order valence-corrected chi connectivity index (χ2v) is 5.26. The van der Waals surface area contributed by atoms with Crippen LogP contribution in [0.5, 0.6) is 0 Å². The van der Waals surface area contributed by atoms with E-state index >= 15 is 0 Å². The summed E-state index contributed by atoms with van der Waals surface area (Å²) in [5.74, 6) is 0.718. The van der Waals surface area contributed by atoms with Gasteiger partial charge >= 0.3 is 0 Å². The molecule has 0 heterocycles. The van der Waals surface area contributed by atoms with Crippen molar-refractivity contribution in [3.63, 3.8) is 0 Å². The molecule has 18 heavy (non-hydrogen) atoms. The maximum absolute atomic E-state index is 8.77. The molecule has 2 rings (SSSR count). The van der Waals surface area contributed by atoms with Crippen molar-refractivity contribution in [3.8, 4) is 6.07 Å². The maximum Gasteiger partial charge on any atom is 0.0670 e. The summed E-state index contributed by atoms with van der Waals surface area (Å²) in [6.45, 7) is 2.31. The Hall–Kier alpha value is -1.69. The van der Waals surface area contributed by atoms with Gasteiger partial charge in [-0.1, -0.05) is 19.8 Å². The second kappa shape index (κ2) is 5.77. The monoisotopic (exact) mass is 243 g/mol. The first-order valence-electron chi connectivity index (χ1n) is 6.72. The van der Waals surface area contributed by atoms with E-state index in [9.17, 15) is 0 Å². The van der Waals surface area contributed by atoms with Crippen LogP contribution in [-0.4, -0.2) is 6.04 Å². The molecule has 3 nitrogen and oxygen atoms in total. The third-order valence-electron chi connectivity index (χ3n) is 3.88. The molecule has 3 heteroatoms. The predicted octanol–water partition coefficient (Wildman–Crippen LogP) is 3.33. The summed E-state index contributed by atoms with van der Waals surface area (Å²) in [7, 11) is 0. The number of nitrogens with one attached hydrogen (secondary N) is 1. The van der Waals surface area contributed by atoms with Gasteiger partial charge in [0, 0.05) is 17.4 Å². The fraction of sp³-hybridized carbons (Fsp3) is 0.533. The Labute approximate surface area is 109 Å². The van der Waals surface area contributed by atoms with E-state index in [-0.39, 0.29) is 0 Å². The Morgan fingerprint density at radius 1 is 1.39 bits per heavy atom. The maximum atomic E-state index is 8.77. The smallest absolute Gasteiger partial charge is 0.0670 e. The zero-order valence-electron chi connectivity index (χ0n) is 10.9. The Bertz CT molecular complexity index is 448. The molecule has 2 unspecified atom stereocenters. The first-order chi connectivity index (χ1) is 8.70. The summed E-state index contributed by atoms with van der Waals surface area (Å²) >= 11 is 0. The van der Waals surface area contributed by atoms with Crippen LogP contribution in [0.4, 0.5) is 11.4 Å². The normalized spacial score (nSPS) is 23.3. The summed E-state index contributed by atoms with van der Waals surface area (Å²) in [6, 6.07) is 8.63. The molecule has 0 aromatic heterocycles. The molecule has 1 saturated carbocycles. The van der Waals surface area contributed by atoms with Gasteiger partial charge in [0.2, 0.25) is 0 Å². The van der Waals surface area contributed by atoms with Crippen LogP contribution in [0.3, 0.4) is 0 Å². The third-order valence-corrected chi connectivity index (χ3v) is 3.88. The highest BCUT2D eigenvalue weighted by Gasteiger charge is 2.20. The molecule has 1 fully saturated rings. The van der Waals surface area contributed by atoms with E-state index in [0.717, 1.165) is 17.2 Å². The van der Waals surface area contributed by atoms with Gasteiger partial charge in [-0.05, 0) is 42.5 Å². The van der Waals surface area contributed by atoms with E-state index < -0.39 is 0 Å². The number of benzene rings is 1. The van der Waals surface area contributed by atoms with Crippen LogP contribution in [-0.2, 0) is 6.42 Å². The van der Waals surface area contributed by atoms with Gasteiger partial charge in [0.1, 0.15) is 0 Å². The summed E-state index contributed by atoms with van der Waals surface area (Å²) in [6.07, 6.45) is 5.57. The highest BCUT2D eigenvalue weighted by molar-refractivity contribution is 5.58. The number of nitriles is 1. The molecule has 0 radical (unpaired) electrons. The lowest BCUT2D eigenvalue weighted by molar-refractivity contribution is 0.349. The molecule has 96 valence electrons. The molecular formula is C15H21N3. The lowest BCUT2D eigenvalue weighted by Gasteiger charge is -2.30. The van der Waals surface area contributed by atoms with Gasteiger partial charge in [-0.25, -0.2) is 0 Å². The van der Waals surface area contributed by atoms with Gasteiger partial charge in [-0.15, -0.1) is 0 Å². The van der Waals surface area contributed by atoms with Crippen molar-refractivity contribution in [2.45, 2.75) is 45.1 Å². The molecule has 0 saturated heterocycles. The van der Waals surface area contributed by atoms with E-state index in [1.54, 1.807) is 0 Å². The summed E-state index contributed by atoms with van der Waals surface area (Å²) < 4.78 is 0. The lowest BCUT2D eigenvalue weighted by atomic mass is 9.86. The summed E-state index contributed by atoms with van der Waals surface area (Å²) in [5.41, 5.74) is 8.58. The molecule has 0 spiro atoms. The minimum Gasteiger partial charge on any atom is -0.398 e. The van der Waals surface area contributed by atoms with Crippen molar-refractivity contribution in [1.82, 2.24) is 0 Å². The van der Waals surface area contributed by atoms with Crippen LogP contribution >= 0.6 is 0 Å². The number of anilines is 2. The van der Waals surface area contributed by atoms with Crippen LogP contribution in [0.2, 0.25) is 0 Å². The minimum atomic E-state index is 0.377. The predicted molar refractivity (Wildman–Crippen MR) is 75.2 cm³/mol. The molecule has 0 amide bonds. The molecular weight excluding hydrogens is 222 g/mol. The van der Waals surface area contributed by atoms with Crippen LogP contribution in [0.25, 0.3) is 0 Å². The van der Waals surface area contributed by atoms with E-state index in [1.807, 2.05) is 18.2 Å². The van der Waals surface area contributed by atoms with E-state index in [1.165, 1.54) is 25.7 Å². The van der Waals surface area contributed by atoms with Gasteiger partial charge in [-0.2, -0.15) is 5.26 Å². The van der Waals surface area contributed by atoms with Gasteiger partial charge in [0.05, 0.1) is 12.5 Å². The molecule has 3 N–H and O–H groups in total. The highest BCUT2D eigenvalue weighted by atomic mass is 14.9. The number of nitrogens with two attached hydrogens (primary N) is 1. The van der Waals surface area contributed by atoms with Crippen LogP contribution in [0.15, 0.2) is 18.2 Å². The van der Waals surface area contributed by atoms with Crippen molar-refractivity contribution < 1.29 is 0 Å². The number of rotatable bonds is 3. The largest absolute Gasteiger partial charge is 0.398 e. The molecule has 2 atom stereocenters. The molecule has 0 aliphatic heterocycles. The van der Waals surface area contributed by atoms with E-state index in [4.69, 9.17) is 11.0 Å². The summed E-state index contributed by atoms with van der Waals surface area (Å²) in [4.78, 5) is 0. The van der Waals surface area contributed by atoms with Gasteiger partial charge in [0.25, 0.3) is 0 Å². The number of nitrogens with zero attached hydrogens (tertiary/aromatic N) is 1. The van der Waals surface area contributed by atoms with Gasteiger partial charge < -0.3 is 11.1 Å². The first kappa shape index (κ1) is 12.8. The zero-order valence-corrected chi connectivity index (χ0v) is 10.9. The quantitative estimate of drug-likeness (QED) is 0.800. The molecule has 1 aromatic rings. The lowest BCUT2D eigenvalue weighted by Crippen LogP contribution is -2.30. The number of hydrogen-bond acceptors (Lipinski definition) is 3. The van der Waals surface area contributed by atoms with Crippen molar-refractivity contribution in [1.29, 1.82) is 5.26 Å². The second-order valence-electron chi connectivity index (χ2n) is 5.26. The van der Waals surface area contributed by atoms with Gasteiger partial charge in [-0.3, -0.25) is 0 Å². The topological polar surface area (TPSA) is 61.8 Å². The Kier molecular flexibility index (Phi) is 4.09. The van der Waals surface area contributed by atoms with Crippen molar-refractivity contribution >= 4 is 11.4 Å². The first-order valence-corrected chi connectivity index (χ1v) is 6.72. The molecule has 1 aromatic carbocycles. The number of nitrogen functional groups attached to an aromatic ring is 1. The van der Waals surface area contributed by atoms with Crippen LogP contribution < -0.4 is 11.1 Å². The summed E-state index contributed by atoms with van der Waals surface area (Å²) in [5, 5.41) is 12.4.